The van der Waals surface area contributed by atoms with Crippen LogP contribution >= 0.6 is 11.6 Å². The smallest absolute Gasteiger partial charge is 0.145 e. The molecule has 0 saturated heterocycles. The number of hydrogen-bond donors (Lipinski definition) is 0. The van der Waals surface area contributed by atoms with Crippen LogP contribution in [0.3, 0.4) is 0 Å². The third-order valence-electron chi connectivity index (χ3n) is 7.65. The second-order valence-electron chi connectivity index (χ2n) is 9.69. The Morgan fingerprint density at radius 1 is 0.938 bits per heavy atom. The molecule has 0 bridgehead atoms. The van der Waals surface area contributed by atoms with E-state index >= 15 is 0 Å². The molecule has 1 saturated carbocycles. The van der Waals surface area contributed by atoms with Gasteiger partial charge in [0.15, 0.2) is 0 Å². The molecule has 0 N–H and O–H groups in total. The van der Waals surface area contributed by atoms with E-state index in [0.717, 1.165) is 41.7 Å². The van der Waals surface area contributed by atoms with Gasteiger partial charge >= 0.3 is 0 Å². The minimum absolute atomic E-state index is 0.243. The lowest BCUT2D eigenvalue weighted by Gasteiger charge is -2.34. The fourth-order valence-electron chi connectivity index (χ4n) is 5.76. The third kappa shape index (κ3) is 5.20. The summed E-state index contributed by atoms with van der Waals surface area (Å²) in [7, 11) is 0. The minimum Gasteiger partial charge on any atom is -0.205 e. The first-order chi connectivity index (χ1) is 15.6. The Kier molecular flexibility index (Phi) is 7.89. The van der Waals surface area contributed by atoms with E-state index in [1.54, 1.807) is 0 Å². The maximum absolute atomic E-state index is 14.6. The van der Waals surface area contributed by atoms with Crippen molar-refractivity contribution in [2.75, 3.05) is 0 Å². The Morgan fingerprint density at radius 2 is 1.66 bits per heavy atom. The molecule has 0 aromatic heterocycles. The summed E-state index contributed by atoms with van der Waals surface area (Å²) < 4.78 is 14.6. The molecule has 0 nitrogen and oxygen atoms in total. The van der Waals surface area contributed by atoms with Gasteiger partial charge in [-0.1, -0.05) is 79.6 Å². The first kappa shape index (κ1) is 23.3. The van der Waals surface area contributed by atoms with Gasteiger partial charge in [0.2, 0.25) is 0 Å². The van der Waals surface area contributed by atoms with Gasteiger partial charge in [0.05, 0.1) is 5.02 Å². The summed E-state index contributed by atoms with van der Waals surface area (Å²) in [6.45, 7) is 4.19. The van der Waals surface area contributed by atoms with E-state index in [1.165, 1.54) is 56.1 Å². The Morgan fingerprint density at radius 3 is 2.28 bits per heavy atom. The molecule has 2 aliphatic carbocycles. The number of benzene rings is 2. The summed E-state index contributed by atoms with van der Waals surface area (Å²) in [4.78, 5) is 0. The highest BCUT2D eigenvalue weighted by Gasteiger charge is 2.28. The van der Waals surface area contributed by atoms with Crippen molar-refractivity contribution in [2.24, 2.45) is 17.8 Å². The van der Waals surface area contributed by atoms with E-state index in [2.05, 4.69) is 56.3 Å². The third-order valence-corrected chi connectivity index (χ3v) is 8.02. The number of aryl methyl sites for hydroxylation is 1. The van der Waals surface area contributed by atoms with Gasteiger partial charge in [-0.25, -0.2) is 4.39 Å². The molecule has 1 fully saturated rings. The first-order valence-electron chi connectivity index (χ1n) is 12.5. The van der Waals surface area contributed by atoms with Crippen molar-refractivity contribution in [2.45, 2.75) is 71.6 Å². The van der Waals surface area contributed by atoms with Gasteiger partial charge in [0.1, 0.15) is 5.82 Å². The number of hydrogen-bond acceptors (Lipinski definition) is 0. The number of allylic oxidation sites excluding steroid dienone is 4. The molecule has 2 aromatic carbocycles. The van der Waals surface area contributed by atoms with E-state index in [9.17, 15) is 4.39 Å². The van der Waals surface area contributed by atoms with Crippen molar-refractivity contribution in [3.63, 3.8) is 0 Å². The predicted octanol–water partition coefficient (Wildman–Crippen LogP) is 9.66. The van der Waals surface area contributed by atoms with Gasteiger partial charge in [0.25, 0.3) is 0 Å². The van der Waals surface area contributed by atoms with Crippen LogP contribution in [-0.2, 0) is 6.42 Å². The molecule has 170 valence electrons. The average Bonchev–Trinajstić information content (AvgIpc) is 2.83. The SMILES string of the molecule is CC=CC1CCC(C2CC=C(c3ccc(-c4ccc(CCC)c(F)c4Cl)cc3)CC2)CC1. The van der Waals surface area contributed by atoms with Gasteiger partial charge in [-0.3, -0.25) is 0 Å². The fourth-order valence-corrected chi connectivity index (χ4v) is 6.06. The lowest BCUT2D eigenvalue weighted by Crippen LogP contribution is -2.22. The first-order valence-corrected chi connectivity index (χ1v) is 12.9. The molecule has 2 aromatic rings. The van der Waals surface area contributed by atoms with Crippen molar-refractivity contribution in [1.29, 1.82) is 0 Å². The summed E-state index contributed by atoms with van der Waals surface area (Å²) in [6.07, 6.45) is 17.9. The van der Waals surface area contributed by atoms with Crippen molar-refractivity contribution in [3.8, 4) is 11.1 Å². The van der Waals surface area contributed by atoms with Gasteiger partial charge in [-0.15, -0.1) is 0 Å². The van der Waals surface area contributed by atoms with Gasteiger partial charge in [-0.05, 0) is 98.3 Å². The molecule has 0 amide bonds. The lowest BCUT2D eigenvalue weighted by molar-refractivity contribution is 0.212. The number of halogens is 2. The molecular weight excluding hydrogens is 415 g/mol. The van der Waals surface area contributed by atoms with E-state index in [4.69, 9.17) is 11.6 Å². The zero-order valence-electron chi connectivity index (χ0n) is 19.5. The van der Waals surface area contributed by atoms with Crippen LogP contribution in [0.15, 0.2) is 54.6 Å². The van der Waals surface area contributed by atoms with Crippen molar-refractivity contribution in [3.05, 3.63) is 76.6 Å². The second kappa shape index (κ2) is 10.8. The minimum atomic E-state index is -0.268. The van der Waals surface area contributed by atoms with Gasteiger partial charge in [0, 0.05) is 5.56 Å². The fraction of sp³-hybridized carbons (Fsp3) is 0.467. The van der Waals surface area contributed by atoms with Crippen molar-refractivity contribution >= 4 is 17.2 Å². The summed E-state index contributed by atoms with van der Waals surface area (Å²) in [5.41, 5.74) is 5.22. The molecule has 1 atom stereocenters. The quantitative estimate of drug-likeness (QED) is 0.384. The van der Waals surface area contributed by atoms with Crippen LogP contribution in [0, 0.1) is 23.6 Å². The molecule has 2 aliphatic rings. The maximum atomic E-state index is 14.6. The molecular formula is C30H36ClF. The second-order valence-corrected chi connectivity index (χ2v) is 10.1. The van der Waals surface area contributed by atoms with Crippen LogP contribution in [0.4, 0.5) is 4.39 Å². The monoisotopic (exact) mass is 450 g/mol. The lowest BCUT2D eigenvalue weighted by atomic mass is 9.71. The molecule has 0 spiro atoms. The van der Waals surface area contributed by atoms with Gasteiger partial charge in [-0.2, -0.15) is 0 Å². The highest BCUT2D eigenvalue weighted by Crippen LogP contribution is 2.42. The number of rotatable bonds is 6. The van der Waals surface area contributed by atoms with Crippen LogP contribution in [-0.4, -0.2) is 0 Å². The Hall–Kier alpha value is -1.86. The van der Waals surface area contributed by atoms with Crippen LogP contribution in [0.5, 0.6) is 0 Å². The van der Waals surface area contributed by atoms with E-state index in [1.807, 2.05) is 12.1 Å². The van der Waals surface area contributed by atoms with E-state index < -0.39 is 0 Å². The summed E-state index contributed by atoms with van der Waals surface area (Å²) in [5, 5.41) is 0.243. The molecule has 0 heterocycles. The van der Waals surface area contributed by atoms with E-state index in [0.29, 0.717) is 5.56 Å². The predicted molar refractivity (Wildman–Crippen MR) is 136 cm³/mol. The highest BCUT2D eigenvalue weighted by molar-refractivity contribution is 6.33. The van der Waals surface area contributed by atoms with Crippen LogP contribution in [0.1, 0.15) is 76.3 Å². The van der Waals surface area contributed by atoms with Crippen molar-refractivity contribution < 1.29 is 4.39 Å². The Bertz CT molecular complexity index is 961. The molecule has 1 unspecified atom stereocenters. The van der Waals surface area contributed by atoms with Crippen LogP contribution < -0.4 is 0 Å². The topological polar surface area (TPSA) is 0 Å². The molecule has 2 heteroatoms. The largest absolute Gasteiger partial charge is 0.205 e. The summed E-state index contributed by atoms with van der Waals surface area (Å²) >= 11 is 6.38. The molecule has 4 rings (SSSR count). The summed E-state index contributed by atoms with van der Waals surface area (Å²) in [6, 6.07) is 12.4. The average molecular weight is 451 g/mol. The van der Waals surface area contributed by atoms with E-state index in [-0.39, 0.29) is 10.8 Å². The maximum Gasteiger partial charge on any atom is 0.145 e. The Labute approximate surface area is 198 Å². The van der Waals surface area contributed by atoms with Gasteiger partial charge < -0.3 is 0 Å². The zero-order valence-corrected chi connectivity index (χ0v) is 20.3. The normalized spacial score (nSPS) is 24.0. The Balaban J connectivity index is 1.40. The van der Waals surface area contributed by atoms with Crippen LogP contribution in [0.25, 0.3) is 16.7 Å². The zero-order chi connectivity index (χ0) is 22.5. The molecule has 32 heavy (non-hydrogen) atoms. The standard InChI is InChI=1S/C30H36ClF/c1-3-5-21-7-9-22(10-8-21)23-11-13-24(14-12-23)25-15-17-26(18-16-25)28-20-19-27(6-4-2)30(32)29(28)31/h3,5,13,15-23H,4,6-12,14H2,1-2H3. The highest BCUT2D eigenvalue weighted by atomic mass is 35.5. The molecule has 0 aliphatic heterocycles. The summed E-state index contributed by atoms with van der Waals surface area (Å²) in [5.74, 6) is 2.31. The van der Waals surface area contributed by atoms with Crippen LogP contribution in [0.2, 0.25) is 5.02 Å². The molecule has 0 radical (unpaired) electrons. The van der Waals surface area contributed by atoms with Crippen molar-refractivity contribution in [1.82, 2.24) is 0 Å².